The van der Waals surface area contributed by atoms with Gasteiger partial charge in [-0.15, -0.1) is 0 Å². The van der Waals surface area contributed by atoms with E-state index >= 15 is 0 Å². The third-order valence-corrected chi connectivity index (χ3v) is 2.76. The van der Waals surface area contributed by atoms with E-state index < -0.39 is 34.6 Å². The maximum Gasteiger partial charge on any atom is 0.417 e. The van der Waals surface area contributed by atoms with Gasteiger partial charge in [0.2, 0.25) is 11.7 Å². The van der Waals surface area contributed by atoms with Crippen LogP contribution in [0.5, 0.6) is 0 Å². The minimum absolute atomic E-state index is 0.197. The molecule has 1 amide bonds. The highest BCUT2D eigenvalue weighted by atomic mass is 19.4. The highest BCUT2D eigenvalue weighted by molar-refractivity contribution is 6.15. The molecular formula is C14H9F3N2O2. The monoisotopic (exact) mass is 294 g/mol. The zero-order valence-electron chi connectivity index (χ0n) is 10.5. The Kier molecular flexibility index (Phi) is 3.75. The number of amides is 1. The van der Waals surface area contributed by atoms with Gasteiger partial charge < -0.3 is 5.73 Å². The quantitative estimate of drug-likeness (QED) is 0.884. The zero-order chi connectivity index (χ0) is 15.6. The summed E-state index contributed by atoms with van der Waals surface area (Å²) >= 11 is 0. The first kappa shape index (κ1) is 14.7. The third-order valence-electron chi connectivity index (χ3n) is 2.76. The molecule has 7 heteroatoms. The summed E-state index contributed by atoms with van der Waals surface area (Å²) in [6, 6.07) is 7.07. The van der Waals surface area contributed by atoms with E-state index in [0.717, 1.165) is 18.2 Å². The highest BCUT2D eigenvalue weighted by Crippen LogP contribution is 2.34. The largest absolute Gasteiger partial charge is 0.417 e. The van der Waals surface area contributed by atoms with Crippen LogP contribution in [0.4, 0.5) is 13.2 Å². The summed E-state index contributed by atoms with van der Waals surface area (Å²) in [4.78, 5) is 27.3. The summed E-state index contributed by atoms with van der Waals surface area (Å²) in [6.07, 6.45) is -3.52. The Morgan fingerprint density at radius 3 is 2.29 bits per heavy atom. The molecule has 0 fully saturated rings. The first-order valence-electron chi connectivity index (χ1n) is 5.78. The van der Waals surface area contributed by atoms with Gasteiger partial charge in [0.25, 0.3) is 0 Å². The topological polar surface area (TPSA) is 73.1 Å². The second kappa shape index (κ2) is 5.35. The molecule has 0 aliphatic rings. The summed E-state index contributed by atoms with van der Waals surface area (Å²) in [6.45, 7) is 0. The highest BCUT2D eigenvalue weighted by Gasteiger charge is 2.37. The number of halogens is 3. The standard InChI is InChI=1S/C14H9F3N2O2/c15-14(16,17)9-5-3-4-8(13(18)21)11(9)12(20)10-6-1-2-7-19-10/h1-7H,(H2,18,21). The van der Waals surface area contributed by atoms with Crippen molar-refractivity contribution in [2.24, 2.45) is 5.73 Å². The van der Waals surface area contributed by atoms with Crippen LogP contribution in [0.25, 0.3) is 0 Å². The second-order valence-electron chi connectivity index (χ2n) is 4.13. The summed E-state index contributed by atoms with van der Waals surface area (Å²) in [7, 11) is 0. The Balaban J connectivity index is 2.71. The average Bonchev–Trinajstić information content (AvgIpc) is 2.45. The number of carbonyl (C=O) groups excluding carboxylic acids is 2. The van der Waals surface area contributed by atoms with Crippen molar-refractivity contribution in [3.8, 4) is 0 Å². The van der Waals surface area contributed by atoms with Crippen molar-refractivity contribution >= 4 is 11.7 Å². The van der Waals surface area contributed by atoms with Crippen LogP contribution in [-0.4, -0.2) is 16.7 Å². The summed E-state index contributed by atoms with van der Waals surface area (Å²) in [5.74, 6) is -2.11. The fourth-order valence-electron chi connectivity index (χ4n) is 1.86. The van der Waals surface area contributed by atoms with Gasteiger partial charge in [0.1, 0.15) is 5.69 Å². The van der Waals surface area contributed by atoms with Gasteiger partial charge in [-0.05, 0) is 24.3 Å². The molecule has 0 radical (unpaired) electrons. The van der Waals surface area contributed by atoms with Crippen molar-refractivity contribution in [2.75, 3.05) is 0 Å². The Hall–Kier alpha value is -2.70. The second-order valence-corrected chi connectivity index (χ2v) is 4.13. The van der Waals surface area contributed by atoms with Crippen LogP contribution in [0.3, 0.4) is 0 Å². The lowest BCUT2D eigenvalue weighted by Gasteiger charge is -2.14. The molecule has 0 bridgehead atoms. The predicted octanol–water partition coefficient (Wildman–Crippen LogP) is 2.43. The summed E-state index contributed by atoms with van der Waals surface area (Å²) in [5.41, 5.74) is 2.39. The van der Waals surface area contributed by atoms with Crippen LogP contribution < -0.4 is 5.73 Å². The maximum atomic E-state index is 13.0. The Bertz CT molecular complexity index is 697. The fraction of sp³-hybridized carbons (Fsp3) is 0.0714. The number of nitrogens with two attached hydrogens (primary N) is 1. The maximum absolute atomic E-state index is 13.0. The van der Waals surface area contributed by atoms with Crippen LogP contribution in [-0.2, 0) is 6.18 Å². The molecule has 0 saturated carbocycles. The molecule has 108 valence electrons. The number of nitrogens with zero attached hydrogens (tertiary/aromatic N) is 1. The van der Waals surface area contributed by atoms with E-state index in [-0.39, 0.29) is 5.69 Å². The van der Waals surface area contributed by atoms with E-state index in [9.17, 15) is 22.8 Å². The minimum atomic E-state index is -4.79. The van der Waals surface area contributed by atoms with Gasteiger partial charge in [-0.1, -0.05) is 12.1 Å². The normalized spacial score (nSPS) is 11.2. The molecule has 1 aromatic heterocycles. The van der Waals surface area contributed by atoms with E-state index in [1.54, 1.807) is 0 Å². The summed E-state index contributed by atoms with van der Waals surface area (Å²) < 4.78 is 39.1. The van der Waals surface area contributed by atoms with Crippen LogP contribution in [0, 0.1) is 0 Å². The SMILES string of the molecule is NC(=O)c1cccc(C(F)(F)F)c1C(=O)c1ccccn1. The van der Waals surface area contributed by atoms with Crippen LogP contribution in [0.15, 0.2) is 42.6 Å². The Labute approximate surface area is 117 Å². The van der Waals surface area contributed by atoms with Crippen molar-refractivity contribution < 1.29 is 22.8 Å². The smallest absolute Gasteiger partial charge is 0.366 e. The van der Waals surface area contributed by atoms with Crippen molar-refractivity contribution in [1.29, 1.82) is 0 Å². The van der Waals surface area contributed by atoms with E-state index in [1.165, 1.54) is 24.4 Å². The number of benzene rings is 1. The predicted molar refractivity (Wildman–Crippen MR) is 67.6 cm³/mol. The van der Waals surface area contributed by atoms with Gasteiger partial charge in [-0.2, -0.15) is 13.2 Å². The van der Waals surface area contributed by atoms with Gasteiger partial charge in [-0.25, -0.2) is 0 Å². The molecule has 0 aliphatic carbocycles. The molecule has 4 nitrogen and oxygen atoms in total. The van der Waals surface area contributed by atoms with Crippen molar-refractivity contribution in [3.05, 3.63) is 65.0 Å². The fourth-order valence-corrected chi connectivity index (χ4v) is 1.86. The molecule has 2 N–H and O–H groups in total. The molecule has 21 heavy (non-hydrogen) atoms. The first-order chi connectivity index (χ1) is 9.82. The Morgan fingerprint density at radius 2 is 1.76 bits per heavy atom. The number of hydrogen-bond donors (Lipinski definition) is 1. The number of primary amides is 1. The molecule has 0 spiro atoms. The summed E-state index contributed by atoms with van der Waals surface area (Å²) in [5, 5.41) is 0. The first-order valence-corrected chi connectivity index (χ1v) is 5.78. The minimum Gasteiger partial charge on any atom is -0.366 e. The molecule has 0 atom stereocenters. The van der Waals surface area contributed by atoms with Gasteiger partial charge in [-0.3, -0.25) is 14.6 Å². The molecule has 2 aromatic rings. The third kappa shape index (κ3) is 2.91. The molecule has 2 rings (SSSR count). The van der Waals surface area contributed by atoms with Crippen molar-refractivity contribution in [1.82, 2.24) is 4.98 Å². The lowest BCUT2D eigenvalue weighted by molar-refractivity contribution is -0.137. The average molecular weight is 294 g/mol. The van der Waals surface area contributed by atoms with Crippen LogP contribution in [0.1, 0.15) is 32.0 Å². The van der Waals surface area contributed by atoms with Gasteiger partial charge >= 0.3 is 6.18 Å². The van der Waals surface area contributed by atoms with E-state index in [2.05, 4.69) is 4.98 Å². The van der Waals surface area contributed by atoms with Gasteiger partial charge in [0.15, 0.2) is 0 Å². The number of alkyl halides is 3. The van der Waals surface area contributed by atoms with Crippen molar-refractivity contribution in [2.45, 2.75) is 6.18 Å². The van der Waals surface area contributed by atoms with Gasteiger partial charge in [0.05, 0.1) is 11.1 Å². The van der Waals surface area contributed by atoms with Crippen LogP contribution >= 0.6 is 0 Å². The lowest BCUT2D eigenvalue weighted by atomic mass is 9.94. The molecule has 1 heterocycles. The van der Waals surface area contributed by atoms with E-state index in [0.29, 0.717) is 0 Å². The lowest BCUT2D eigenvalue weighted by Crippen LogP contribution is -2.22. The number of carbonyl (C=O) groups is 2. The van der Waals surface area contributed by atoms with Crippen molar-refractivity contribution in [3.63, 3.8) is 0 Å². The number of aromatic nitrogens is 1. The zero-order valence-corrected chi connectivity index (χ0v) is 10.5. The van der Waals surface area contributed by atoms with E-state index in [1.807, 2.05) is 0 Å². The van der Waals surface area contributed by atoms with Crippen LogP contribution in [0.2, 0.25) is 0 Å². The number of ketones is 1. The Morgan fingerprint density at radius 1 is 1.05 bits per heavy atom. The number of pyridine rings is 1. The molecule has 0 unspecified atom stereocenters. The molecule has 0 saturated heterocycles. The number of rotatable bonds is 3. The van der Waals surface area contributed by atoms with Gasteiger partial charge in [0, 0.05) is 11.8 Å². The molecule has 0 aliphatic heterocycles. The molecule has 1 aromatic carbocycles. The number of hydrogen-bond acceptors (Lipinski definition) is 3. The molecular weight excluding hydrogens is 285 g/mol. The van der Waals surface area contributed by atoms with E-state index in [4.69, 9.17) is 5.73 Å².